The summed E-state index contributed by atoms with van der Waals surface area (Å²) in [7, 11) is 0. The molecular weight excluding hydrogens is 430 g/mol. The molecule has 2 fully saturated rings. The van der Waals surface area contributed by atoms with Gasteiger partial charge in [0.1, 0.15) is 0 Å². The Morgan fingerprint density at radius 2 is 2.03 bits per heavy atom. The third-order valence-corrected chi connectivity index (χ3v) is 6.68. The Bertz CT molecular complexity index is 1020. The summed E-state index contributed by atoms with van der Waals surface area (Å²) in [5.41, 5.74) is 2.58. The lowest BCUT2D eigenvalue weighted by molar-refractivity contribution is 0.0903. The molecule has 4 heterocycles. The van der Waals surface area contributed by atoms with Crippen molar-refractivity contribution in [2.75, 3.05) is 38.2 Å². The first kappa shape index (κ1) is 22.0. The van der Waals surface area contributed by atoms with Crippen LogP contribution in [0, 0.1) is 11.6 Å². The van der Waals surface area contributed by atoms with Crippen LogP contribution in [0.3, 0.4) is 0 Å². The van der Waals surface area contributed by atoms with E-state index in [0.717, 1.165) is 43.4 Å². The van der Waals surface area contributed by atoms with E-state index in [4.69, 9.17) is 4.74 Å². The number of ether oxygens (including phenoxy) is 1. The number of urea groups is 1. The number of carbonyl (C=O) groups is 1. The Hall–Kier alpha value is -2.85. The van der Waals surface area contributed by atoms with Gasteiger partial charge in [0.2, 0.25) is 5.95 Å². The standard InChI is InChI=1S/C23H28F2N6O2/c24-18-2-1-14(9-19(18)25)17-11-26-12-20(17)30-23(32)31-6-3-15-10-27-22(29-21(15)13-31)28-16-4-7-33-8-5-16/h1-2,9-10,16-17,20,26H,3-8,11-13H2,(H,30,32)(H,27,28,29)/t17-,20?/m0/s1. The van der Waals surface area contributed by atoms with Gasteiger partial charge in [-0.25, -0.2) is 23.5 Å². The molecule has 3 aliphatic heterocycles. The van der Waals surface area contributed by atoms with Gasteiger partial charge in [-0.15, -0.1) is 0 Å². The minimum absolute atomic E-state index is 0.126. The van der Waals surface area contributed by atoms with Gasteiger partial charge in [0.05, 0.1) is 18.3 Å². The Kier molecular flexibility index (Phi) is 6.37. The van der Waals surface area contributed by atoms with Gasteiger partial charge in [-0.05, 0) is 42.5 Å². The van der Waals surface area contributed by atoms with Gasteiger partial charge in [0.15, 0.2) is 11.6 Å². The normalized spacial score (nSPS) is 23.3. The van der Waals surface area contributed by atoms with Crippen LogP contribution in [0.2, 0.25) is 0 Å². The zero-order valence-electron chi connectivity index (χ0n) is 18.3. The second kappa shape index (κ2) is 9.56. The highest BCUT2D eigenvalue weighted by Gasteiger charge is 2.32. The Morgan fingerprint density at radius 1 is 1.18 bits per heavy atom. The predicted molar refractivity (Wildman–Crippen MR) is 118 cm³/mol. The van der Waals surface area contributed by atoms with Crippen molar-refractivity contribution < 1.29 is 18.3 Å². The first-order chi connectivity index (χ1) is 16.1. The number of nitrogens with zero attached hydrogens (tertiary/aromatic N) is 3. The molecule has 8 nitrogen and oxygen atoms in total. The van der Waals surface area contributed by atoms with Crippen molar-refractivity contribution in [1.82, 2.24) is 25.5 Å². The molecule has 1 aromatic carbocycles. The molecule has 0 aliphatic carbocycles. The van der Waals surface area contributed by atoms with Gasteiger partial charge in [0, 0.05) is 51.0 Å². The van der Waals surface area contributed by atoms with Crippen LogP contribution in [-0.2, 0) is 17.7 Å². The number of benzene rings is 1. The van der Waals surface area contributed by atoms with Crippen LogP contribution < -0.4 is 16.0 Å². The van der Waals surface area contributed by atoms with Crippen molar-refractivity contribution in [1.29, 1.82) is 0 Å². The molecule has 3 aliphatic rings. The van der Waals surface area contributed by atoms with Gasteiger partial charge >= 0.3 is 6.03 Å². The van der Waals surface area contributed by atoms with E-state index < -0.39 is 11.6 Å². The molecule has 0 radical (unpaired) electrons. The first-order valence-corrected chi connectivity index (χ1v) is 11.5. The summed E-state index contributed by atoms with van der Waals surface area (Å²) in [5.74, 6) is -1.29. The van der Waals surface area contributed by atoms with E-state index in [2.05, 4.69) is 25.9 Å². The van der Waals surface area contributed by atoms with E-state index >= 15 is 0 Å². The lowest BCUT2D eigenvalue weighted by Gasteiger charge is -2.31. The van der Waals surface area contributed by atoms with E-state index in [1.807, 2.05) is 6.20 Å². The van der Waals surface area contributed by atoms with Crippen LogP contribution >= 0.6 is 0 Å². The van der Waals surface area contributed by atoms with Crippen molar-refractivity contribution in [3.8, 4) is 0 Å². The second-order valence-electron chi connectivity index (χ2n) is 8.86. The van der Waals surface area contributed by atoms with Gasteiger partial charge in [-0.2, -0.15) is 0 Å². The van der Waals surface area contributed by atoms with E-state index in [1.54, 1.807) is 11.0 Å². The van der Waals surface area contributed by atoms with Crippen LogP contribution in [0.15, 0.2) is 24.4 Å². The number of hydrogen-bond donors (Lipinski definition) is 3. The second-order valence-corrected chi connectivity index (χ2v) is 8.86. The molecule has 33 heavy (non-hydrogen) atoms. The average molecular weight is 459 g/mol. The summed E-state index contributed by atoms with van der Waals surface area (Å²) in [6, 6.07) is 3.83. The van der Waals surface area contributed by atoms with Crippen LogP contribution in [0.5, 0.6) is 0 Å². The SMILES string of the molecule is O=C(NC1CNC[C@H]1c1ccc(F)c(F)c1)N1CCc2cnc(NC3CCOCC3)nc2C1. The Labute approximate surface area is 191 Å². The topological polar surface area (TPSA) is 91.4 Å². The number of hydrogen-bond acceptors (Lipinski definition) is 6. The monoisotopic (exact) mass is 458 g/mol. The number of halogens is 2. The fourth-order valence-corrected chi connectivity index (χ4v) is 4.74. The zero-order valence-corrected chi connectivity index (χ0v) is 18.3. The zero-order chi connectivity index (χ0) is 22.8. The molecular formula is C23H28F2N6O2. The van der Waals surface area contributed by atoms with E-state index in [-0.39, 0.29) is 18.0 Å². The molecule has 5 rings (SSSR count). The third-order valence-electron chi connectivity index (χ3n) is 6.68. The van der Waals surface area contributed by atoms with Crippen molar-refractivity contribution in [2.45, 2.75) is 43.8 Å². The van der Waals surface area contributed by atoms with Crippen molar-refractivity contribution in [3.05, 3.63) is 52.9 Å². The highest BCUT2D eigenvalue weighted by atomic mass is 19.2. The van der Waals surface area contributed by atoms with Gasteiger partial charge in [-0.1, -0.05) is 6.07 Å². The van der Waals surface area contributed by atoms with Crippen LogP contribution in [0.4, 0.5) is 19.5 Å². The number of anilines is 1. The number of nitrogens with one attached hydrogen (secondary N) is 3. The average Bonchev–Trinajstić information content (AvgIpc) is 3.29. The van der Waals surface area contributed by atoms with Crippen LogP contribution in [0.25, 0.3) is 0 Å². The molecule has 0 saturated carbocycles. The van der Waals surface area contributed by atoms with E-state index in [9.17, 15) is 13.6 Å². The number of rotatable bonds is 4. The maximum Gasteiger partial charge on any atom is 0.318 e. The van der Waals surface area contributed by atoms with Crippen LogP contribution in [0.1, 0.15) is 35.6 Å². The summed E-state index contributed by atoms with van der Waals surface area (Å²) in [6.07, 6.45) is 4.38. The highest BCUT2D eigenvalue weighted by Crippen LogP contribution is 2.25. The molecule has 2 amide bonds. The van der Waals surface area contributed by atoms with Gasteiger partial charge in [0.25, 0.3) is 0 Å². The van der Waals surface area contributed by atoms with Gasteiger partial charge in [-0.3, -0.25) is 0 Å². The molecule has 3 N–H and O–H groups in total. The number of aromatic nitrogens is 2. The largest absolute Gasteiger partial charge is 0.381 e. The van der Waals surface area contributed by atoms with Crippen molar-refractivity contribution >= 4 is 12.0 Å². The minimum Gasteiger partial charge on any atom is -0.381 e. The summed E-state index contributed by atoms with van der Waals surface area (Å²) in [5, 5.41) is 9.69. The highest BCUT2D eigenvalue weighted by molar-refractivity contribution is 5.75. The summed E-state index contributed by atoms with van der Waals surface area (Å²) in [4.78, 5) is 23.9. The number of carbonyl (C=O) groups excluding carboxylic acids is 1. The fraction of sp³-hybridized carbons (Fsp3) is 0.522. The molecule has 2 saturated heterocycles. The van der Waals surface area contributed by atoms with Crippen LogP contribution in [-0.4, -0.2) is 65.8 Å². The molecule has 1 aromatic heterocycles. The van der Waals surface area contributed by atoms with Gasteiger partial charge < -0.3 is 25.6 Å². The van der Waals surface area contributed by atoms with Crippen molar-refractivity contribution in [2.24, 2.45) is 0 Å². The summed E-state index contributed by atoms with van der Waals surface area (Å²) < 4.78 is 32.4. The van der Waals surface area contributed by atoms with Crippen molar-refractivity contribution in [3.63, 3.8) is 0 Å². The smallest absolute Gasteiger partial charge is 0.318 e. The molecule has 10 heteroatoms. The number of fused-ring (bicyclic) bond motifs is 1. The van der Waals surface area contributed by atoms with E-state index in [0.29, 0.717) is 50.2 Å². The Morgan fingerprint density at radius 3 is 2.85 bits per heavy atom. The predicted octanol–water partition coefficient (Wildman–Crippen LogP) is 2.17. The molecule has 0 bridgehead atoms. The molecule has 1 unspecified atom stereocenters. The fourth-order valence-electron chi connectivity index (χ4n) is 4.74. The van der Waals surface area contributed by atoms with E-state index in [1.165, 1.54) is 6.07 Å². The molecule has 2 atom stereocenters. The molecule has 176 valence electrons. The third kappa shape index (κ3) is 4.91. The maximum atomic E-state index is 13.7. The number of amides is 2. The lowest BCUT2D eigenvalue weighted by Crippen LogP contribution is -2.48. The lowest BCUT2D eigenvalue weighted by atomic mass is 9.94. The minimum atomic E-state index is -0.873. The maximum absolute atomic E-state index is 13.7. The quantitative estimate of drug-likeness (QED) is 0.651. The molecule has 2 aromatic rings. The summed E-state index contributed by atoms with van der Waals surface area (Å²) >= 11 is 0. The summed E-state index contributed by atoms with van der Waals surface area (Å²) in [6.45, 7) is 3.61. The molecule has 0 spiro atoms. The Balaban J connectivity index is 1.23. The first-order valence-electron chi connectivity index (χ1n) is 11.5.